The molecule has 178 valence electrons. The number of hydrogen-bond donors (Lipinski definition) is 1. The van der Waals surface area contributed by atoms with Gasteiger partial charge in [0.1, 0.15) is 0 Å². The van der Waals surface area contributed by atoms with Crippen molar-refractivity contribution in [3.05, 3.63) is 102 Å². The molecule has 0 unspecified atom stereocenters. The van der Waals surface area contributed by atoms with Crippen molar-refractivity contribution >= 4 is 15.9 Å². The number of sulfonamides is 1. The topological polar surface area (TPSA) is 84.3 Å². The number of benzene rings is 3. The molecule has 5 rings (SSSR count). The Kier molecular flexibility index (Phi) is 6.23. The van der Waals surface area contributed by atoms with Crippen molar-refractivity contribution in [1.29, 1.82) is 0 Å². The first-order chi connectivity index (χ1) is 16.9. The average Bonchev–Trinajstić information content (AvgIpc) is 3.59. The Hall–Kier alpha value is -3.75. The summed E-state index contributed by atoms with van der Waals surface area (Å²) in [6.07, 6.45) is 3.63. The average molecular weight is 487 g/mol. The van der Waals surface area contributed by atoms with Crippen molar-refractivity contribution in [1.82, 2.24) is 19.4 Å². The van der Waals surface area contributed by atoms with Gasteiger partial charge in [-0.05, 0) is 43.2 Å². The Morgan fingerprint density at radius 2 is 1.69 bits per heavy atom. The lowest BCUT2D eigenvalue weighted by atomic mass is 10.1. The van der Waals surface area contributed by atoms with Gasteiger partial charge in [-0.1, -0.05) is 54.6 Å². The first kappa shape index (κ1) is 23.0. The monoisotopic (exact) mass is 486 g/mol. The normalized spacial score (nSPS) is 13.5. The van der Waals surface area contributed by atoms with Crippen LogP contribution < -0.4 is 4.72 Å². The number of nitrogens with one attached hydrogen (secondary N) is 1. The summed E-state index contributed by atoms with van der Waals surface area (Å²) in [6.45, 7) is 0.313. The largest absolute Gasteiger partial charge is 0.337 e. The van der Waals surface area contributed by atoms with Gasteiger partial charge in [-0.25, -0.2) is 17.8 Å². The minimum Gasteiger partial charge on any atom is -0.337 e. The molecular formula is C27H26N4O3S. The highest BCUT2D eigenvalue weighted by molar-refractivity contribution is 7.89. The lowest BCUT2D eigenvalue weighted by molar-refractivity contribution is 0.0785. The summed E-state index contributed by atoms with van der Waals surface area (Å²) in [4.78, 5) is 15.0. The fourth-order valence-electron chi connectivity index (χ4n) is 3.91. The van der Waals surface area contributed by atoms with E-state index in [9.17, 15) is 13.2 Å². The number of carbonyl (C=O) groups excluding carboxylic acids is 1. The Bertz CT molecular complexity index is 1450. The molecule has 1 aliphatic carbocycles. The van der Waals surface area contributed by atoms with Crippen LogP contribution in [0.2, 0.25) is 0 Å². The predicted octanol–water partition coefficient (Wildman–Crippen LogP) is 4.25. The van der Waals surface area contributed by atoms with Crippen LogP contribution in [-0.4, -0.2) is 42.1 Å². The van der Waals surface area contributed by atoms with Crippen LogP contribution in [0, 0.1) is 0 Å². The molecular weight excluding hydrogens is 460 g/mol. The van der Waals surface area contributed by atoms with Gasteiger partial charge in [0.2, 0.25) is 10.0 Å². The van der Waals surface area contributed by atoms with Crippen LogP contribution in [0.5, 0.6) is 0 Å². The molecule has 3 aromatic carbocycles. The van der Waals surface area contributed by atoms with E-state index in [0.717, 1.165) is 35.3 Å². The van der Waals surface area contributed by atoms with Crippen molar-refractivity contribution < 1.29 is 13.2 Å². The molecule has 1 fully saturated rings. The van der Waals surface area contributed by atoms with Gasteiger partial charge in [0.25, 0.3) is 5.91 Å². The number of amides is 1. The molecule has 0 bridgehead atoms. The number of carbonyl (C=O) groups is 1. The minimum absolute atomic E-state index is 0.000379. The van der Waals surface area contributed by atoms with E-state index in [0.29, 0.717) is 12.1 Å². The van der Waals surface area contributed by atoms with Crippen LogP contribution in [-0.2, 0) is 16.6 Å². The second-order valence-corrected chi connectivity index (χ2v) is 10.4. The number of para-hydroxylation sites is 1. The molecule has 1 N–H and O–H groups in total. The van der Waals surface area contributed by atoms with Gasteiger partial charge in [-0.3, -0.25) is 4.79 Å². The molecule has 0 saturated heterocycles. The minimum atomic E-state index is -3.64. The van der Waals surface area contributed by atoms with Crippen LogP contribution in [0.3, 0.4) is 0 Å². The lowest BCUT2D eigenvalue weighted by Gasteiger charge is -2.18. The molecule has 1 aromatic heterocycles. The van der Waals surface area contributed by atoms with Crippen molar-refractivity contribution in [2.24, 2.45) is 0 Å². The van der Waals surface area contributed by atoms with Gasteiger partial charge in [-0.15, -0.1) is 0 Å². The van der Waals surface area contributed by atoms with Crippen LogP contribution >= 0.6 is 0 Å². The fraction of sp³-hybridized carbons (Fsp3) is 0.185. The number of aromatic nitrogens is 2. The zero-order valence-corrected chi connectivity index (χ0v) is 20.2. The molecule has 0 aliphatic heterocycles. The van der Waals surface area contributed by atoms with Gasteiger partial charge in [0, 0.05) is 42.5 Å². The highest BCUT2D eigenvalue weighted by atomic mass is 32.2. The second kappa shape index (κ2) is 9.48. The van der Waals surface area contributed by atoms with E-state index in [1.54, 1.807) is 24.1 Å². The third-order valence-corrected chi connectivity index (χ3v) is 7.42. The first-order valence-corrected chi connectivity index (χ1v) is 13.0. The van der Waals surface area contributed by atoms with Crippen LogP contribution in [0.15, 0.2) is 96.0 Å². The molecule has 0 radical (unpaired) electrons. The molecule has 1 amide bonds. The summed E-state index contributed by atoms with van der Waals surface area (Å²) in [6, 6.07) is 25.8. The van der Waals surface area contributed by atoms with E-state index in [4.69, 9.17) is 5.10 Å². The van der Waals surface area contributed by atoms with Gasteiger partial charge in [0.15, 0.2) is 0 Å². The molecule has 35 heavy (non-hydrogen) atoms. The second-order valence-electron chi connectivity index (χ2n) is 8.73. The Balaban J connectivity index is 1.42. The summed E-state index contributed by atoms with van der Waals surface area (Å²) < 4.78 is 29.7. The fourth-order valence-corrected chi connectivity index (χ4v) is 5.26. The molecule has 1 heterocycles. The van der Waals surface area contributed by atoms with E-state index in [1.807, 2.05) is 71.5 Å². The van der Waals surface area contributed by atoms with Crippen LogP contribution in [0.1, 0.15) is 28.8 Å². The summed E-state index contributed by atoms with van der Waals surface area (Å²) in [5.74, 6) is -0.264. The van der Waals surface area contributed by atoms with E-state index in [2.05, 4.69) is 4.72 Å². The van der Waals surface area contributed by atoms with Gasteiger partial charge >= 0.3 is 0 Å². The number of hydrogen-bond acceptors (Lipinski definition) is 4. The smallest absolute Gasteiger partial charge is 0.253 e. The van der Waals surface area contributed by atoms with Crippen molar-refractivity contribution in [3.63, 3.8) is 0 Å². The molecule has 1 aliphatic rings. The third kappa shape index (κ3) is 5.18. The molecule has 0 spiro atoms. The van der Waals surface area contributed by atoms with Gasteiger partial charge < -0.3 is 4.90 Å². The SMILES string of the molecule is CN(Cc1cn(-c2ccccc2)nc1-c1ccccc1)C(=O)c1cccc(S(=O)(=O)NC2CC2)c1. The van der Waals surface area contributed by atoms with E-state index in [-0.39, 0.29) is 16.8 Å². The molecule has 8 heteroatoms. The lowest BCUT2D eigenvalue weighted by Crippen LogP contribution is -2.28. The van der Waals surface area contributed by atoms with Crippen molar-refractivity contribution in [2.45, 2.75) is 30.3 Å². The van der Waals surface area contributed by atoms with Gasteiger partial charge in [0.05, 0.1) is 16.3 Å². The zero-order chi connectivity index (χ0) is 24.4. The number of nitrogens with zero attached hydrogens (tertiary/aromatic N) is 3. The maximum Gasteiger partial charge on any atom is 0.253 e. The summed E-state index contributed by atoms with van der Waals surface area (Å²) in [7, 11) is -1.93. The Morgan fingerprint density at radius 3 is 2.37 bits per heavy atom. The van der Waals surface area contributed by atoms with Gasteiger partial charge in [-0.2, -0.15) is 5.10 Å². The Morgan fingerprint density at radius 1 is 1.00 bits per heavy atom. The maximum atomic E-state index is 13.3. The van der Waals surface area contributed by atoms with E-state index < -0.39 is 10.0 Å². The predicted molar refractivity (Wildman–Crippen MR) is 135 cm³/mol. The third-order valence-electron chi connectivity index (χ3n) is 5.90. The Labute approximate surface area is 205 Å². The summed E-state index contributed by atoms with van der Waals surface area (Å²) in [5, 5.41) is 4.81. The summed E-state index contributed by atoms with van der Waals surface area (Å²) in [5.41, 5.74) is 3.88. The molecule has 7 nitrogen and oxygen atoms in total. The molecule has 1 saturated carbocycles. The van der Waals surface area contributed by atoms with Crippen molar-refractivity contribution in [3.8, 4) is 16.9 Å². The zero-order valence-electron chi connectivity index (χ0n) is 19.3. The van der Waals surface area contributed by atoms with E-state index >= 15 is 0 Å². The molecule has 0 atom stereocenters. The molecule has 4 aromatic rings. The quantitative estimate of drug-likeness (QED) is 0.404. The summed E-state index contributed by atoms with van der Waals surface area (Å²) >= 11 is 0. The van der Waals surface area contributed by atoms with E-state index in [1.165, 1.54) is 12.1 Å². The van der Waals surface area contributed by atoms with Crippen LogP contribution in [0.25, 0.3) is 16.9 Å². The maximum absolute atomic E-state index is 13.3. The highest BCUT2D eigenvalue weighted by Gasteiger charge is 2.28. The first-order valence-electron chi connectivity index (χ1n) is 11.5. The number of rotatable bonds is 8. The van der Waals surface area contributed by atoms with Crippen molar-refractivity contribution in [2.75, 3.05) is 7.05 Å². The standard InChI is InChI=1S/C27H26N4O3S/c1-30(27(32)21-11-8-14-25(17-21)35(33,34)29-23-15-16-23)18-22-19-31(24-12-6-3-7-13-24)28-26(22)20-9-4-2-5-10-20/h2-14,17,19,23,29H,15-16,18H2,1H3. The highest BCUT2D eigenvalue weighted by Crippen LogP contribution is 2.26. The van der Waals surface area contributed by atoms with Crippen LogP contribution in [0.4, 0.5) is 0 Å².